The quantitative estimate of drug-likeness (QED) is 0.285. The molecular formula is C34H34N2O2. The first-order valence-corrected chi connectivity index (χ1v) is 13.4. The third-order valence-electron chi connectivity index (χ3n) is 7.44. The molecule has 0 saturated carbocycles. The van der Waals surface area contributed by atoms with E-state index in [2.05, 4.69) is 85.1 Å². The molecule has 4 aromatic carbocycles. The summed E-state index contributed by atoms with van der Waals surface area (Å²) in [6, 6.07) is 28.7. The van der Waals surface area contributed by atoms with Crippen LogP contribution in [0.15, 0.2) is 109 Å². The van der Waals surface area contributed by atoms with E-state index in [-0.39, 0.29) is 48.6 Å². The highest BCUT2D eigenvalue weighted by atomic mass is 16.2. The number of rotatable bonds is 2. The zero-order valence-electron chi connectivity index (χ0n) is 21.9. The van der Waals surface area contributed by atoms with Crippen LogP contribution in [-0.4, -0.2) is 11.8 Å². The number of nitrogens with one attached hydrogen (secondary N) is 2. The molecule has 0 aromatic heterocycles. The Morgan fingerprint density at radius 1 is 0.553 bits per heavy atom. The lowest BCUT2D eigenvalue weighted by Gasteiger charge is -2.26. The second kappa shape index (κ2) is 11.5. The fraction of sp³-hybridized carbons (Fsp3) is 0.235. The number of carbonyl (C=O) groups excluding carboxylic acids is 2. The molecule has 1 aliphatic heterocycles. The standard InChI is InChI=1S/C34H34N2O2/c1-23-9-7-15-32(38)36-34(30-20-18-26-12-4-6-14-28(26)22-30)24(2)10-8-16-31(37)35-33(23)29-19-17-25-11-3-5-13-27(25)21-29/h3-14,17-24,33-34H,15-16H2,1-2H3,(H,35,37)(H,36,38)/b9-7+,10-8+/t23-,24-,33+,34+/m1/s1. The van der Waals surface area contributed by atoms with Gasteiger partial charge in [-0.1, -0.05) is 111 Å². The van der Waals surface area contributed by atoms with Gasteiger partial charge in [-0.2, -0.15) is 0 Å². The van der Waals surface area contributed by atoms with Crippen molar-refractivity contribution in [1.29, 1.82) is 0 Å². The summed E-state index contributed by atoms with van der Waals surface area (Å²) in [5, 5.41) is 11.1. The van der Waals surface area contributed by atoms with E-state index in [0.29, 0.717) is 0 Å². The molecule has 0 bridgehead atoms. The molecule has 0 unspecified atom stereocenters. The summed E-state index contributed by atoms with van der Waals surface area (Å²) in [5.41, 5.74) is 2.11. The van der Waals surface area contributed by atoms with Crippen molar-refractivity contribution in [3.63, 3.8) is 0 Å². The summed E-state index contributed by atoms with van der Waals surface area (Å²) in [5.74, 6) is -0.0181. The molecule has 0 spiro atoms. The highest BCUT2D eigenvalue weighted by Crippen LogP contribution is 2.29. The third-order valence-corrected chi connectivity index (χ3v) is 7.44. The Balaban J connectivity index is 1.41. The zero-order chi connectivity index (χ0) is 26.5. The lowest BCUT2D eigenvalue weighted by atomic mass is 9.91. The van der Waals surface area contributed by atoms with Gasteiger partial charge in [-0.15, -0.1) is 0 Å². The van der Waals surface area contributed by atoms with Crippen LogP contribution in [0, 0.1) is 11.8 Å². The first-order chi connectivity index (χ1) is 18.5. The summed E-state index contributed by atoms with van der Waals surface area (Å²) in [6.07, 6.45) is 8.48. The Bertz CT molecular complexity index is 1400. The Kier molecular flexibility index (Phi) is 7.69. The molecule has 4 heteroatoms. The maximum atomic E-state index is 13.0. The van der Waals surface area contributed by atoms with Crippen molar-refractivity contribution in [2.75, 3.05) is 0 Å². The normalized spacial score (nSPS) is 24.8. The number of hydrogen-bond acceptors (Lipinski definition) is 2. The molecule has 0 fully saturated rings. The Labute approximate surface area is 224 Å². The first kappa shape index (κ1) is 25.5. The van der Waals surface area contributed by atoms with Crippen LogP contribution < -0.4 is 10.6 Å². The molecule has 1 heterocycles. The van der Waals surface area contributed by atoms with E-state index < -0.39 is 0 Å². The molecule has 4 aromatic rings. The van der Waals surface area contributed by atoms with Crippen LogP contribution in [0.4, 0.5) is 0 Å². The number of fused-ring (bicyclic) bond motifs is 2. The Morgan fingerprint density at radius 3 is 1.37 bits per heavy atom. The largest absolute Gasteiger partial charge is 0.348 e. The van der Waals surface area contributed by atoms with Gasteiger partial charge < -0.3 is 10.6 Å². The van der Waals surface area contributed by atoms with E-state index in [9.17, 15) is 9.59 Å². The van der Waals surface area contributed by atoms with Crippen molar-refractivity contribution in [1.82, 2.24) is 10.6 Å². The number of carbonyl (C=O) groups is 2. The van der Waals surface area contributed by atoms with E-state index in [1.807, 2.05) is 48.6 Å². The van der Waals surface area contributed by atoms with E-state index >= 15 is 0 Å². The number of benzene rings is 4. The lowest BCUT2D eigenvalue weighted by Crippen LogP contribution is -2.33. The predicted molar refractivity (Wildman–Crippen MR) is 156 cm³/mol. The van der Waals surface area contributed by atoms with Crippen molar-refractivity contribution in [2.24, 2.45) is 11.8 Å². The minimum atomic E-state index is -0.189. The minimum Gasteiger partial charge on any atom is -0.348 e. The van der Waals surface area contributed by atoms with Gasteiger partial charge in [0.1, 0.15) is 0 Å². The van der Waals surface area contributed by atoms with Crippen molar-refractivity contribution in [2.45, 2.75) is 38.8 Å². The zero-order valence-corrected chi connectivity index (χ0v) is 21.9. The van der Waals surface area contributed by atoms with Gasteiger partial charge in [0.25, 0.3) is 0 Å². The van der Waals surface area contributed by atoms with Gasteiger partial charge in [-0.25, -0.2) is 0 Å². The molecule has 38 heavy (non-hydrogen) atoms. The summed E-state index contributed by atoms with van der Waals surface area (Å²) in [4.78, 5) is 26.1. The summed E-state index contributed by atoms with van der Waals surface area (Å²) >= 11 is 0. The number of amides is 2. The molecule has 2 amide bonds. The van der Waals surface area contributed by atoms with Crippen LogP contribution >= 0.6 is 0 Å². The van der Waals surface area contributed by atoms with Crippen molar-refractivity contribution in [3.8, 4) is 0 Å². The second-order valence-electron chi connectivity index (χ2n) is 10.3. The average Bonchev–Trinajstić information content (AvgIpc) is 2.93. The summed E-state index contributed by atoms with van der Waals surface area (Å²) < 4.78 is 0. The second-order valence-corrected chi connectivity index (χ2v) is 10.3. The van der Waals surface area contributed by atoms with Crippen molar-refractivity contribution in [3.05, 3.63) is 120 Å². The molecule has 1 aliphatic rings. The molecule has 0 aliphatic carbocycles. The van der Waals surface area contributed by atoms with Crippen LogP contribution in [0.1, 0.15) is 49.9 Å². The predicted octanol–water partition coefficient (Wildman–Crippen LogP) is 7.19. The summed E-state index contributed by atoms with van der Waals surface area (Å²) in [7, 11) is 0. The van der Waals surface area contributed by atoms with Gasteiger partial charge in [0.2, 0.25) is 11.8 Å². The molecule has 5 rings (SSSR count). The van der Waals surface area contributed by atoms with Crippen LogP contribution in [0.3, 0.4) is 0 Å². The fourth-order valence-corrected chi connectivity index (χ4v) is 5.31. The lowest BCUT2D eigenvalue weighted by molar-refractivity contribution is -0.122. The summed E-state index contributed by atoms with van der Waals surface area (Å²) in [6.45, 7) is 4.16. The molecule has 0 radical (unpaired) electrons. The van der Waals surface area contributed by atoms with E-state index in [1.54, 1.807) is 0 Å². The maximum Gasteiger partial charge on any atom is 0.224 e. The van der Waals surface area contributed by atoms with Crippen LogP contribution in [0.25, 0.3) is 21.5 Å². The topological polar surface area (TPSA) is 58.2 Å². The van der Waals surface area contributed by atoms with E-state index in [1.165, 1.54) is 10.8 Å². The van der Waals surface area contributed by atoms with Crippen LogP contribution in [0.5, 0.6) is 0 Å². The van der Waals surface area contributed by atoms with E-state index in [4.69, 9.17) is 0 Å². The molecule has 2 N–H and O–H groups in total. The SMILES string of the molecule is C[C@@H]1/C=C/CC(=O)N[C@H](c2ccc3ccccc3c2)[C@H](C)/C=C/CC(=O)N[C@@H]1c1ccc2ccccc2c1. The van der Waals surface area contributed by atoms with E-state index in [0.717, 1.165) is 21.9 Å². The maximum absolute atomic E-state index is 13.0. The van der Waals surface area contributed by atoms with Crippen LogP contribution in [0.2, 0.25) is 0 Å². The highest BCUT2D eigenvalue weighted by Gasteiger charge is 2.22. The Morgan fingerprint density at radius 2 is 0.947 bits per heavy atom. The van der Waals surface area contributed by atoms with Gasteiger partial charge in [0, 0.05) is 12.8 Å². The highest BCUT2D eigenvalue weighted by molar-refractivity contribution is 5.85. The average molecular weight is 503 g/mol. The molecule has 4 atom stereocenters. The Hall–Kier alpha value is -4.18. The van der Waals surface area contributed by atoms with Gasteiger partial charge >= 0.3 is 0 Å². The molecule has 4 nitrogen and oxygen atoms in total. The van der Waals surface area contributed by atoms with Crippen molar-refractivity contribution < 1.29 is 9.59 Å². The molecule has 0 saturated heterocycles. The fourth-order valence-electron chi connectivity index (χ4n) is 5.31. The van der Waals surface area contributed by atoms with Crippen molar-refractivity contribution >= 4 is 33.4 Å². The minimum absolute atomic E-state index is 0.00930. The van der Waals surface area contributed by atoms with Gasteiger partial charge in [-0.05, 0) is 56.6 Å². The third kappa shape index (κ3) is 5.86. The monoisotopic (exact) mass is 502 g/mol. The van der Waals surface area contributed by atoms with Gasteiger partial charge in [0.15, 0.2) is 0 Å². The number of hydrogen-bond donors (Lipinski definition) is 2. The first-order valence-electron chi connectivity index (χ1n) is 13.4. The van der Waals surface area contributed by atoms with Gasteiger partial charge in [0.05, 0.1) is 12.1 Å². The molecular weight excluding hydrogens is 468 g/mol. The van der Waals surface area contributed by atoms with Gasteiger partial charge in [-0.3, -0.25) is 9.59 Å². The van der Waals surface area contributed by atoms with Crippen LogP contribution in [-0.2, 0) is 9.59 Å². The smallest absolute Gasteiger partial charge is 0.224 e. The molecule has 192 valence electrons.